The number of benzene rings is 1. The Hall–Kier alpha value is -1.86. The molecule has 0 radical (unpaired) electrons. The molecule has 0 bridgehead atoms. The molecule has 122 valence electrons. The van der Waals surface area contributed by atoms with Gasteiger partial charge in [0.25, 0.3) is 0 Å². The highest BCUT2D eigenvalue weighted by Gasteiger charge is 2.15. The molecule has 0 atom stereocenters. The van der Waals surface area contributed by atoms with Crippen molar-refractivity contribution >= 4 is 33.0 Å². The summed E-state index contributed by atoms with van der Waals surface area (Å²) < 4.78 is 20.5. The summed E-state index contributed by atoms with van der Waals surface area (Å²) in [4.78, 5) is 4.98. The zero-order valence-corrected chi connectivity index (χ0v) is 14.5. The van der Waals surface area contributed by atoms with Gasteiger partial charge in [0.2, 0.25) is 16.0 Å². The van der Waals surface area contributed by atoms with Gasteiger partial charge in [0.05, 0.1) is 11.2 Å². The Morgan fingerprint density at radius 2 is 2.17 bits per heavy atom. The minimum absolute atomic E-state index is 0.00840. The van der Waals surface area contributed by atoms with Crippen molar-refractivity contribution in [2.45, 2.75) is 20.8 Å². The molecule has 0 aliphatic rings. The van der Waals surface area contributed by atoms with Gasteiger partial charge in [0.1, 0.15) is 11.6 Å². The van der Waals surface area contributed by atoms with Crippen molar-refractivity contribution in [3.63, 3.8) is 0 Å². The summed E-state index contributed by atoms with van der Waals surface area (Å²) in [5, 5.41) is 8.51. The first-order valence-corrected chi connectivity index (χ1v) is 8.23. The first-order chi connectivity index (χ1) is 10.8. The first kappa shape index (κ1) is 16.0. The van der Waals surface area contributed by atoms with E-state index in [1.165, 1.54) is 29.5 Å². The zero-order chi connectivity index (χ0) is 16.6. The second-order valence-electron chi connectivity index (χ2n) is 6.29. The van der Waals surface area contributed by atoms with Crippen LogP contribution in [0.15, 0.2) is 24.4 Å². The normalized spacial score (nSPS) is 11.9. The van der Waals surface area contributed by atoms with Gasteiger partial charge in [-0.3, -0.25) is 0 Å². The Kier molecular flexibility index (Phi) is 4.16. The molecule has 0 aliphatic carbocycles. The number of hydrogen-bond acceptors (Lipinski definition) is 5. The van der Waals surface area contributed by atoms with Gasteiger partial charge in [-0.1, -0.05) is 43.7 Å². The predicted molar refractivity (Wildman–Crippen MR) is 90.3 cm³/mol. The summed E-state index contributed by atoms with van der Waals surface area (Å²) in [6.07, 6.45) is 1.57. The average Bonchev–Trinajstić information content (AvgIpc) is 3.02. The van der Waals surface area contributed by atoms with E-state index in [2.05, 4.69) is 36.2 Å². The first-order valence-electron chi connectivity index (χ1n) is 7.03. The van der Waals surface area contributed by atoms with Gasteiger partial charge in [-0.05, 0) is 17.5 Å². The van der Waals surface area contributed by atoms with E-state index in [4.69, 9.17) is 16.3 Å². The number of halogens is 2. The fraction of sp³-hybridized carbons (Fsp3) is 0.333. The zero-order valence-electron chi connectivity index (χ0n) is 12.9. The van der Waals surface area contributed by atoms with Crippen LogP contribution < -0.4 is 10.1 Å². The van der Waals surface area contributed by atoms with Gasteiger partial charge in [0, 0.05) is 12.6 Å². The van der Waals surface area contributed by atoms with Crippen LogP contribution >= 0.6 is 22.9 Å². The fourth-order valence-corrected chi connectivity index (χ4v) is 2.75. The quantitative estimate of drug-likeness (QED) is 0.728. The number of nitrogens with one attached hydrogen (secondary N) is 1. The van der Waals surface area contributed by atoms with E-state index in [9.17, 15) is 4.39 Å². The highest BCUT2D eigenvalue weighted by atomic mass is 35.5. The number of hydrogen-bond donors (Lipinski definition) is 1. The maximum absolute atomic E-state index is 13.2. The Bertz CT molecular complexity index is 840. The van der Waals surface area contributed by atoms with Crippen LogP contribution in [0.3, 0.4) is 0 Å². The minimum Gasteiger partial charge on any atom is -0.437 e. The molecule has 1 N–H and O–H groups in total. The number of imidazole rings is 1. The van der Waals surface area contributed by atoms with E-state index in [-0.39, 0.29) is 10.4 Å². The predicted octanol–water partition coefficient (Wildman–Crippen LogP) is 4.83. The molecule has 0 saturated heterocycles. The van der Waals surface area contributed by atoms with Crippen molar-refractivity contribution in [3.05, 3.63) is 35.2 Å². The maximum Gasteiger partial charge on any atom is 0.241 e. The molecule has 0 amide bonds. The molecule has 2 aromatic heterocycles. The van der Waals surface area contributed by atoms with Gasteiger partial charge >= 0.3 is 0 Å². The second kappa shape index (κ2) is 5.98. The standard InChI is InChI=1S/C15H16ClFN4OS/c1-15(2,3)8-19-13-20-21-12(7-18-14(21)23-13)22-9-4-5-11(17)10(16)6-9/h4-7H,8H2,1-3H3,(H,19,20). The lowest BCUT2D eigenvalue weighted by molar-refractivity contribution is 0.441. The van der Waals surface area contributed by atoms with Gasteiger partial charge < -0.3 is 10.1 Å². The third-order valence-electron chi connectivity index (χ3n) is 2.94. The fourth-order valence-electron chi connectivity index (χ4n) is 1.82. The van der Waals surface area contributed by atoms with Crippen LogP contribution in [0, 0.1) is 11.2 Å². The summed E-state index contributed by atoms with van der Waals surface area (Å²) in [6, 6.07) is 4.18. The number of ether oxygens (including phenoxy) is 1. The average molecular weight is 355 g/mol. The molecular weight excluding hydrogens is 339 g/mol. The molecule has 0 aliphatic heterocycles. The Labute approximate surface area is 142 Å². The van der Waals surface area contributed by atoms with Crippen LogP contribution in [-0.4, -0.2) is 21.1 Å². The molecule has 0 unspecified atom stereocenters. The monoisotopic (exact) mass is 354 g/mol. The maximum atomic E-state index is 13.2. The van der Waals surface area contributed by atoms with E-state index >= 15 is 0 Å². The van der Waals surface area contributed by atoms with Gasteiger partial charge in [-0.15, -0.1) is 5.10 Å². The SMILES string of the molecule is CC(C)(C)CNc1nn2c(Oc3ccc(F)c(Cl)c3)cnc2s1. The smallest absolute Gasteiger partial charge is 0.241 e. The van der Waals surface area contributed by atoms with Crippen LogP contribution in [0.2, 0.25) is 5.02 Å². The van der Waals surface area contributed by atoms with Crippen LogP contribution in [0.5, 0.6) is 11.6 Å². The summed E-state index contributed by atoms with van der Waals surface area (Å²) in [6.45, 7) is 7.23. The summed E-state index contributed by atoms with van der Waals surface area (Å²) in [5.41, 5.74) is 0.151. The second-order valence-corrected chi connectivity index (χ2v) is 7.65. The van der Waals surface area contributed by atoms with Crippen molar-refractivity contribution in [2.24, 2.45) is 5.41 Å². The topological polar surface area (TPSA) is 51.5 Å². The summed E-state index contributed by atoms with van der Waals surface area (Å²) in [7, 11) is 0. The van der Waals surface area contributed by atoms with Crippen molar-refractivity contribution < 1.29 is 9.13 Å². The molecule has 0 fully saturated rings. The van der Waals surface area contributed by atoms with Crippen molar-refractivity contribution in [3.8, 4) is 11.6 Å². The molecule has 1 aromatic carbocycles. The molecule has 3 rings (SSSR count). The van der Waals surface area contributed by atoms with Gasteiger partial charge in [-0.25, -0.2) is 9.37 Å². The van der Waals surface area contributed by atoms with Crippen molar-refractivity contribution in [1.82, 2.24) is 14.6 Å². The molecule has 0 spiro atoms. The summed E-state index contributed by atoms with van der Waals surface area (Å²) in [5.74, 6) is 0.387. The van der Waals surface area contributed by atoms with E-state index in [1.54, 1.807) is 10.7 Å². The van der Waals surface area contributed by atoms with Crippen LogP contribution in [0.4, 0.5) is 9.52 Å². The lowest BCUT2D eigenvalue weighted by atomic mass is 9.97. The number of anilines is 1. The van der Waals surface area contributed by atoms with E-state index in [0.29, 0.717) is 16.6 Å². The third-order valence-corrected chi connectivity index (χ3v) is 4.11. The number of nitrogens with zero attached hydrogens (tertiary/aromatic N) is 3. The summed E-state index contributed by atoms with van der Waals surface area (Å²) >= 11 is 7.20. The van der Waals surface area contributed by atoms with Crippen LogP contribution in [-0.2, 0) is 0 Å². The highest BCUT2D eigenvalue weighted by molar-refractivity contribution is 7.20. The minimum atomic E-state index is -0.486. The van der Waals surface area contributed by atoms with Crippen LogP contribution in [0.25, 0.3) is 4.96 Å². The molecule has 23 heavy (non-hydrogen) atoms. The lowest BCUT2D eigenvalue weighted by Gasteiger charge is -2.17. The molecule has 8 heteroatoms. The van der Waals surface area contributed by atoms with Crippen LogP contribution in [0.1, 0.15) is 20.8 Å². The van der Waals surface area contributed by atoms with Crippen molar-refractivity contribution in [1.29, 1.82) is 0 Å². The highest BCUT2D eigenvalue weighted by Crippen LogP contribution is 2.29. The van der Waals surface area contributed by atoms with Gasteiger partial charge in [-0.2, -0.15) is 4.52 Å². The molecule has 3 aromatic rings. The molecule has 5 nitrogen and oxygen atoms in total. The third kappa shape index (κ3) is 3.73. The molecule has 0 saturated carbocycles. The van der Waals surface area contributed by atoms with E-state index in [1.807, 2.05) is 0 Å². The Balaban J connectivity index is 1.81. The molecule has 2 heterocycles. The number of fused-ring (bicyclic) bond motifs is 1. The lowest BCUT2D eigenvalue weighted by Crippen LogP contribution is -2.18. The number of rotatable bonds is 4. The van der Waals surface area contributed by atoms with Gasteiger partial charge in [0.15, 0.2) is 0 Å². The Morgan fingerprint density at radius 1 is 1.39 bits per heavy atom. The van der Waals surface area contributed by atoms with E-state index in [0.717, 1.165) is 11.7 Å². The molecular formula is C15H16ClFN4OS. The van der Waals surface area contributed by atoms with E-state index < -0.39 is 5.82 Å². The number of aromatic nitrogens is 3. The Morgan fingerprint density at radius 3 is 2.87 bits per heavy atom. The van der Waals surface area contributed by atoms with Crippen molar-refractivity contribution in [2.75, 3.05) is 11.9 Å². The largest absolute Gasteiger partial charge is 0.437 e.